The van der Waals surface area contributed by atoms with Crippen molar-refractivity contribution in [1.29, 1.82) is 0 Å². The first-order valence-electron chi connectivity index (χ1n) is 9.64. The van der Waals surface area contributed by atoms with Crippen LogP contribution in [0.3, 0.4) is 0 Å². The summed E-state index contributed by atoms with van der Waals surface area (Å²) in [7, 11) is 0. The zero-order chi connectivity index (χ0) is 20.4. The second-order valence-electron chi connectivity index (χ2n) is 7.34. The minimum absolute atomic E-state index is 0.145. The molecule has 0 aliphatic carbocycles. The van der Waals surface area contributed by atoms with E-state index in [1.165, 1.54) is 10.3 Å². The van der Waals surface area contributed by atoms with E-state index < -0.39 is 0 Å². The number of nitrogens with one attached hydrogen (secondary N) is 1. The maximum atomic E-state index is 5.94. The van der Waals surface area contributed by atoms with Crippen molar-refractivity contribution >= 4 is 43.2 Å². The van der Waals surface area contributed by atoms with Crippen molar-refractivity contribution in [2.75, 3.05) is 5.32 Å². The third-order valence-electron chi connectivity index (χ3n) is 4.54. The summed E-state index contributed by atoms with van der Waals surface area (Å²) in [6.07, 6.45) is 0.145. The molecule has 4 rings (SSSR count). The van der Waals surface area contributed by atoms with Gasteiger partial charge in [0.2, 0.25) is 0 Å². The number of aromatic nitrogens is 1. The van der Waals surface area contributed by atoms with E-state index in [1.54, 1.807) is 11.3 Å². The molecule has 0 fully saturated rings. The highest BCUT2D eigenvalue weighted by Gasteiger charge is 2.09. The zero-order valence-corrected chi connectivity index (χ0v) is 19.1. The van der Waals surface area contributed by atoms with Crippen LogP contribution < -0.4 is 10.1 Å². The Morgan fingerprint density at radius 3 is 2.59 bits per heavy atom. The first-order chi connectivity index (χ1) is 14.0. The molecule has 3 nitrogen and oxygen atoms in total. The number of hydrogen-bond acceptors (Lipinski definition) is 4. The van der Waals surface area contributed by atoms with Crippen LogP contribution in [0.25, 0.3) is 20.8 Å². The van der Waals surface area contributed by atoms with Gasteiger partial charge < -0.3 is 10.1 Å². The minimum atomic E-state index is 0.145. The smallest absolute Gasteiger partial charge is 0.124 e. The third-order valence-corrected chi connectivity index (χ3v) is 6.10. The SMILES string of the molecule is Cc1ccc2nc(-c3ccc(NCc4cc(Br)ccc4OC(C)C)cc3)sc2c1. The molecule has 1 heterocycles. The van der Waals surface area contributed by atoms with E-state index in [0.29, 0.717) is 6.54 Å². The van der Waals surface area contributed by atoms with E-state index >= 15 is 0 Å². The Kier molecular flexibility index (Phi) is 5.88. The van der Waals surface area contributed by atoms with Crippen LogP contribution in [0.5, 0.6) is 5.75 Å². The van der Waals surface area contributed by atoms with Gasteiger partial charge in [-0.05, 0) is 80.9 Å². The largest absolute Gasteiger partial charge is 0.491 e. The maximum absolute atomic E-state index is 5.94. The van der Waals surface area contributed by atoms with Gasteiger partial charge >= 0.3 is 0 Å². The van der Waals surface area contributed by atoms with Crippen molar-refractivity contribution in [3.8, 4) is 16.3 Å². The van der Waals surface area contributed by atoms with Gasteiger partial charge in [-0.3, -0.25) is 0 Å². The average molecular weight is 467 g/mol. The number of hydrogen-bond donors (Lipinski definition) is 1. The van der Waals surface area contributed by atoms with Gasteiger partial charge in [0.25, 0.3) is 0 Å². The second-order valence-corrected chi connectivity index (χ2v) is 9.29. The summed E-state index contributed by atoms with van der Waals surface area (Å²) in [6, 6.07) is 21.0. The Hall–Kier alpha value is -2.37. The van der Waals surface area contributed by atoms with Gasteiger partial charge in [-0.25, -0.2) is 4.98 Å². The van der Waals surface area contributed by atoms with E-state index in [1.807, 2.05) is 26.0 Å². The topological polar surface area (TPSA) is 34.2 Å². The molecule has 1 aromatic heterocycles. The second kappa shape index (κ2) is 8.56. The molecule has 0 saturated heterocycles. The highest BCUT2D eigenvalue weighted by Crippen LogP contribution is 2.31. The number of fused-ring (bicyclic) bond motifs is 1. The summed E-state index contributed by atoms with van der Waals surface area (Å²) in [5, 5.41) is 4.55. The predicted octanol–water partition coefficient (Wildman–Crippen LogP) is 7.43. The van der Waals surface area contributed by atoms with E-state index in [-0.39, 0.29) is 6.10 Å². The molecule has 3 aromatic carbocycles. The summed E-state index contributed by atoms with van der Waals surface area (Å²) >= 11 is 5.29. The predicted molar refractivity (Wildman–Crippen MR) is 127 cm³/mol. The van der Waals surface area contributed by atoms with Gasteiger partial charge in [-0.1, -0.05) is 22.0 Å². The van der Waals surface area contributed by atoms with Crippen molar-refractivity contribution in [3.05, 3.63) is 76.3 Å². The van der Waals surface area contributed by atoms with Crippen LogP contribution in [0.4, 0.5) is 5.69 Å². The molecular weight excluding hydrogens is 444 g/mol. The lowest BCUT2D eigenvalue weighted by Gasteiger charge is -2.15. The van der Waals surface area contributed by atoms with Crippen LogP contribution in [-0.4, -0.2) is 11.1 Å². The number of anilines is 1. The van der Waals surface area contributed by atoms with E-state index in [0.717, 1.165) is 37.6 Å². The first-order valence-corrected chi connectivity index (χ1v) is 11.3. The van der Waals surface area contributed by atoms with Crippen molar-refractivity contribution in [1.82, 2.24) is 4.98 Å². The Morgan fingerprint density at radius 1 is 1.03 bits per heavy atom. The van der Waals surface area contributed by atoms with Crippen molar-refractivity contribution in [2.24, 2.45) is 0 Å². The number of thiazole rings is 1. The number of rotatable bonds is 6. The van der Waals surface area contributed by atoms with Gasteiger partial charge in [0.05, 0.1) is 16.3 Å². The van der Waals surface area contributed by atoms with Crippen molar-refractivity contribution < 1.29 is 4.74 Å². The Balaban J connectivity index is 1.49. The maximum Gasteiger partial charge on any atom is 0.124 e. The molecule has 0 aliphatic rings. The summed E-state index contributed by atoms with van der Waals surface area (Å²) in [4.78, 5) is 4.77. The van der Waals surface area contributed by atoms with Crippen LogP contribution in [-0.2, 0) is 6.54 Å². The van der Waals surface area contributed by atoms with Gasteiger partial charge in [0.1, 0.15) is 10.8 Å². The van der Waals surface area contributed by atoms with Crippen LogP contribution in [0.15, 0.2) is 65.1 Å². The number of aryl methyl sites for hydroxylation is 1. The summed E-state index contributed by atoms with van der Waals surface area (Å²) < 4.78 is 8.21. The molecule has 1 N–H and O–H groups in total. The Bertz CT molecular complexity index is 1140. The molecule has 0 amide bonds. The van der Waals surface area contributed by atoms with Crippen LogP contribution in [0, 0.1) is 6.92 Å². The van der Waals surface area contributed by atoms with Gasteiger partial charge in [-0.2, -0.15) is 0 Å². The van der Waals surface area contributed by atoms with Crippen LogP contribution in [0.2, 0.25) is 0 Å². The summed E-state index contributed by atoms with van der Waals surface area (Å²) in [5.74, 6) is 0.914. The highest BCUT2D eigenvalue weighted by molar-refractivity contribution is 9.10. The molecule has 4 aromatic rings. The number of benzene rings is 3. The summed E-state index contributed by atoms with van der Waals surface area (Å²) in [6.45, 7) is 6.89. The van der Waals surface area contributed by atoms with E-state index in [4.69, 9.17) is 9.72 Å². The van der Waals surface area contributed by atoms with Crippen molar-refractivity contribution in [3.63, 3.8) is 0 Å². The monoisotopic (exact) mass is 466 g/mol. The average Bonchev–Trinajstić information content (AvgIpc) is 3.11. The fraction of sp³-hybridized carbons (Fsp3) is 0.208. The molecule has 0 aliphatic heterocycles. The number of halogens is 1. The first kappa shape index (κ1) is 19.9. The molecule has 0 unspecified atom stereocenters. The molecule has 0 saturated carbocycles. The van der Waals surface area contributed by atoms with E-state index in [2.05, 4.69) is 76.7 Å². The van der Waals surface area contributed by atoms with Crippen LogP contribution in [0.1, 0.15) is 25.0 Å². The Morgan fingerprint density at radius 2 is 1.83 bits per heavy atom. The molecule has 0 bridgehead atoms. The van der Waals surface area contributed by atoms with Crippen molar-refractivity contribution in [2.45, 2.75) is 33.4 Å². The molecule has 0 spiro atoms. The number of ether oxygens (including phenoxy) is 1. The normalized spacial score (nSPS) is 11.2. The zero-order valence-electron chi connectivity index (χ0n) is 16.7. The Labute approximate surface area is 183 Å². The third kappa shape index (κ3) is 4.80. The fourth-order valence-corrected chi connectivity index (χ4v) is 4.62. The van der Waals surface area contributed by atoms with Gasteiger partial charge in [0.15, 0.2) is 0 Å². The summed E-state index contributed by atoms with van der Waals surface area (Å²) in [5.41, 5.74) is 5.66. The molecule has 148 valence electrons. The van der Waals surface area contributed by atoms with E-state index in [9.17, 15) is 0 Å². The lowest BCUT2D eigenvalue weighted by atomic mass is 10.1. The molecule has 5 heteroatoms. The minimum Gasteiger partial charge on any atom is -0.491 e. The number of nitrogens with zero attached hydrogens (tertiary/aromatic N) is 1. The molecular formula is C24H23BrN2OS. The lowest BCUT2D eigenvalue weighted by Crippen LogP contribution is -2.09. The standard InChI is InChI=1S/C24H23BrN2OS/c1-15(2)28-22-11-7-19(25)13-18(22)14-26-20-8-5-17(6-9-20)24-27-21-10-4-16(3)12-23(21)29-24/h4-13,15,26H,14H2,1-3H3. The van der Waals surface area contributed by atoms with Gasteiger partial charge in [0, 0.05) is 27.8 Å². The highest BCUT2D eigenvalue weighted by atomic mass is 79.9. The molecule has 0 atom stereocenters. The lowest BCUT2D eigenvalue weighted by molar-refractivity contribution is 0.240. The quantitative estimate of drug-likeness (QED) is 0.320. The molecule has 29 heavy (non-hydrogen) atoms. The molecule has 0 radical (unpaired) electrons. The fourth-order valence-electron chi connectivity index (χ4n) is 3.14. The van der Waals surface area contributed by atoms with Crippen LogP contribution >= 0.6 is 27.3 Å². The van der Waals surface area contributed by atoms with Gasteiger partial charge in [-0.15, -0.1) is 11.3 Å².